The van der Waals surface area contributed by atoms with Crippen molar-refractivity contribution in [3.63, 3.8) is 0 Å². The average Bonchev–Trinajstić information content (AvgIpc) is 3.20. The summed E-state index contributed by atoms with van der Waals surface area (Å²) in [6.45, 7) is 1.44. The fourth-order valence-electron chi connectivity index (χ4n) is 3.22. The van der Waals surface area contributed by atoms with Gasteiger partial charge in [-0.2, -0.15) is 13.2 Å². The third-order valence-corrected chi connectivity index (χ3v) is 6.49. The van der Waals surface area contributed by atoms with Gasteiger partial charge in [0.05, 0.1) is 28.0 Å². The van der Waals surface area contributed by atoms with Crippen molar-refractivity contribution in [2.75, 3.05) is 5.32 Å². The van der Waals surface area contributed by atoms with Gasteiger partial charge in [0, 0.05) is 16.0 Å². The zero-order valence-corrected chi connectivity index (χ0v) is 19.1. The third-order valence-electron chi connectivity index (χ3n) is 5.02. The number of rotatable bonds is 4. The standard InChI is InChI=1S/C22H14Cl2F3N3O2S/c1-11(19(31)29-17-8-13(22(25,26)27)4-7-16(17)24)30-10-28-20-18(21(30)32)15(9-33-20)12-2-5-14(23)6-3-12/h2-11H,1H3,(H,29,31). The zero-order valence-electron chi connectivity index (χ0n) is 16.8. The van der Waals surface area contributed by atoms with Gasteiger partial charge in [-0.15, -0.1) is 11.3 Å². The Morgan fingerprint density at radius 3 is 2.52 bits per heavy atom. The van der Waals surface area contributed by atoms with E-state index in [-0.39, 0.29) is 10.7 Å². The molecule has 0 radical (unpaired) electrons. The molecule has 2 heterocycles. The molecule has 0 fully saturated rings. The Balaban J connectivity index is 1.69. The zero-order chi connectivity index (χ0) is 23.9. The number of carbonyl (C=O) groups is 1. The lowest BCUT2D eigenvalue weighted by Crippen LogP contribution is -2.31. The number of anilines is 1. The molecule has 0 aliphatic heterocycles. The number of halogens is 5. The molecule has 1 N–H and O–H groups in total. The van der Waals surface area contributed by atoms with Crippen molar-refractivity contribution in [3.8, 4) is 11.1 Å². The number of benzene rings is 2. The minimum Gasteiger partial charge on any atom is -0.323 e. The van der Waals surface area contributed by atoms with Crippen molar-refractivity contribution in [3.05, 3.63) is 80.1 Å². The van der Waals surface area contributed by atoms with Crippen molar-refractivity contribution in [1.29, 1.82) is 0 Å². The van der Waals surface area contributed by atoms with Gasteiger partial charge >= 0.3 is 6.18 Å². The Labute approximate surface area is 199 Å². The molecule has 0 saturated carbocycles. The van der Waals surface area contributed by atoms with Gasteiger partial charge in [-0.1, -0.05) is 35.3 Å². The lowest BCUT2D eigenvalue weighted by atomic mass is 10.1. The van der Waals surface area contributed by atoms with Gasteiger partial charge in [0.15, 0.2) is 0 Å². The summed E-state index contributed by atoms with van der Waals surface area (Å²) in [5, 5.41) is 4.98. The molecule has 0 aliphatic carbocycles. The summed E-state index contributed by atoms with van der Waals surface area (Å²) in [7, 11) is 0. The van der Waals surface area contributed by atoms with E-state index in [0.717, 1.165) is 28.3 Å². The number of alkyl halides is 3. The number of nitrogens with zero attached hydrogens (tertiary/aromatic N) is 2. The molecule has 4 aromatic rings. The average molecular weight is 512 g/mol. The van der Waals surface area contributed by atoms with Crippen LogP contribution < -0.4 is 10.9 Å². The second kappa shape index (κ2) is 8.81. The van der Waals surface area contributed by atoms with Gasteiger partial charge in [-0.05, 0) is 42.8 Å². The maximum Gasteiger partial charge on any atom is 0.416 e. The molecule has 33 heavy (non-hydrogen) atoms. The topological polar surface area (TPSA) is 64.0 Å². The van der Waals surface area contributed by atoms with Gasteiger partial charge in [-0.3, -0.25) is 14.2 Å². The molecular formula is C22H14Cl2F3N3O2S. The van der Waals surface area contributed by atoms with E-state index in [1.54, 1.807) is 29.6 Å². The van der Waals surface area contributed by atoms with Crippen LogP contribution in [0, 0.1) is 0 Å². The number of aromatic nitrogens is 2. The Bertz CT molecular complexity index is 1420. The molecule has 0 bridgehead atoms. The van der Waals surface area contributed by atoms with Crippen LogP contribution >= 0.6 is 34.5 Å². The number of carbonyl (C=O) groups excluding carboxylic acids is 1. The number of hydrogen-bond donors (Lipinski definition) is 1. The molecule has 1 atom stereocenters. The molecule has 0 spiro atoms. The Morgan fingerprint density at radius 2 is 1.85 bits per heavy atom. The highest BCUT2D eigenvalue weighted by atomic mass is 35.5. The monoisotopic (exact) mass is 511 g/mol. The predicted octanol–water partition coefficient (Wildman–Crippen LogP) is 6.65. The number of nitrogens with one attached hydrogen (secondary N) is 1. The summed E-state index contributed by atoms with van der Waals surface area (Å²) in [5.41, 5.74) is -0.213. The van der Waals surface area contributed by atoms with Crippen molar-refractivity contribution in [2.24, 2.45) is 0 Å². The van der Waals surface area contributed by atoms with Gasteiger partial charge in [0.2, 0.25) is 5.91 Å². The maximum absolute atomic E-state index is 13.3. The molecule has 4 rings (SSSR count). The Morgan fingerprint density at radius 1 is 1.15 bits per heavy atom. The van der Waals surface area contributed by atoms with Crippen molar-refractivity contribution >= 4 is 56.3 Å². The Kier molecular flexibility index (Phi) is 6.22. The summed E-state index contributed by atoms with van der Waals surface area (Å²) in [6.07, 6.45) is -3.36. The second-order valence-electron chi connectivity index (χ2n) is 7.15. The van der Waals surface area contributed by atoms with Gasteiger partial charge in [0.25, 0.3) is 5.56 Å². The molecule has 170 valence electrons. The van der Waals surface area contributed by atoms with E-state index >= 15 is 0 Å². The summed E-state index contributed by atoms with van der Waals surface area (Å²) < 4.78 is 40.2. The normalized spacial score (nSPS) is 12.7. The van der Waals surface area contributed by atoms with Crippen LogP contribution in [0.25, 0.3) is 21.3 Å². The first-order chi connectivity index (χ1) is 15.6. The summed E-state index contributed by atoms with van der Waals surface area (Å²) in [4.78, 5) is 30.8. The molecule has 0 aliphatic rings. The van der Waals surface area contributed by atoms with E-state index < -0.39 is 29.2 Å². The molecule has 2 aromatic heterocycles. The first-order valence-corrected chi connectivity index (χ1v) is 11.1. The van der Waals surface area contributed by atoms with Crippen LogP contribution in [0.1, 0.15) is 18.5 Å². The van der Waals surface area contributed by atoms with Gasteiger partial charge in [-0.25, -0.2) is 4.98 Å². The highest BCUT2D eigenvalue weighted by Crippen LogP contribution is 2.34. The van der Waals surface area contributed by atoms with E-state index in [2.05, 4.69) is 10.3 Å². The van der Waals surface area contributed by atoms with Crippen molar-refractivity contribution in [2.45, 2.75) is 19.1 Å². The minimum absolute atomic E-state index is 0.0627. The Hall–Kier alpha value is -2.88. The SMILES string of the molecule is CC(C(=O)Nc1cc(C(F)(F)F)ccc1Cl)n1cnc2scc(-c3ccc(Cl)cc3)c2c1=O. The summed E-state index contributed by atoms with van der Waals surface area (Å²) in [6, 6.07) is 8.48. The van der Waals surface area contributed by atoms with E-state index in [1.165, 1.54) is 24.6 Å². The smallest absolute Gasteiger partial charge is 0.323 e. The van der Waals surface area contributed by atoms with E-state index in [4.69, 9.17) is 23.2 Å². The van der Waals surface area contributed by atoms with E-state index in [9.17, 15) is 22.8 Å². The van der Waals surface area contributed by atoms with E-state index in [0.29, 0.717) is 20.8 Å². The van der Waals surface area contributed by atoms with Crippen LogP contribution in [-0.4, -0.2) is 15.5 Å². The first-order valence-electron chi connectivity index (χ1n) is 9.48. The van der Waals surface area contributed by atoms with Crippen molar-refractivity contribution < 1.29 is 18.0 Å². The quantitative estimate of drug-likeness (QED) is 0.333. The highest BCUT2D eigenvalue weighted by molar-refractivity contribution is 7.17. The van der Waals surface area contributed by atoms with Crippen LogP contribution in [0.3, 0.4) is 0 Å². The van der Waals surface area contributed by atoms with Crippen LogP contribution in [0.2, 0.25) is 10.0 Å². The van der Waals surface area contributed by atoms with E-state index in [1.807, 2.05) is 0 Å². The van der Waals surface area contributed by atoms with Gasteiger partial charge < -0.3 is 5.32 Å². The number of thiophene rings is 1. The molecule has 1 amide bonds. The van der Waals surface area contributed by atoms with Crippen molar-refractivity contribution in [1.82, 2.24) is 9.55 Å². The molecule has 2 aromatic carbocycles. The van der Waals surface area contributed by atoms with Crippen LogP contribution in [0.4, 0.5) is 18.9 Å². The largest absolute Gasteiger partial charge is 0.416 e. The minimum atomic E-state index is -4.60. The van der Waals surface area contributed by atoms with Gasteiger partial charge in [0.1, 0.15) is 10.9 Å². The molecular weight excluding hydrogens is 498 g/mol. The number of amides is 1. The molecule has 11 heteroatoms. The second-order valence-corrected chi connectivity index (χ2v) is 8.85. The first kappa shape index (κ1) is 23.3. The number of hydrogen-bond acceptors (Lipinski definition) is 4. The summed E-state index contributed by atoms with van der Waals surface area (Å²) >= 11 is 13.2. The van der Waals surface area contributed by atoms with Crippen LogP contribution in [-0.2, 0) is 11.0 Å². The molecule has 5 nitrogen and oxygen atoms in total. The lowest BCUT2D eigenvalue weighted by Gasteiger charge is -2.17. The predicted molar refractivity (Wildman–Crippen MR) is 124 cm³/mol. The summed E-state index contributed by atoms with van der Waals surface area (Å²) in [5.74, 6) is -0.720. The lowest BCUT2D eigenvalue weighted by molar-refractivity contribution is -0.137. The maximum atomic E-state index is 13.3. The van der Waals surface area contributed by atoms with Crippen LogP contribution in [0.15, 0.2) is 59.0 Å². The number of fused-ring (bicyclic) bond motifs is 1. The molecule has 0 saturated heterocycles. The third kappa shape index (κ3) is 4.62. The van der Waals surface area contributed by atoms with Crippen LogP contribution in [0.5, 0.6) is 0 Å². The fraction of sp³-hybridized carbons (Fsp3) is 0.136. The fourth-order valence-corrected chi connectivity index (χ4v) is 4.42. The highest BCUT2D eigenvalue weighted by Gasteiger charge is 2.31. The molecule has 1 unspecified atom stereocenters.